The standard InChI is InChI=1S/C19H20N2O2/c1-13-4-3-5-16(10-13)19(23)20-12-18(22)15-6-7-17-14(11-15)8-9-21(17)2/h3-11,18,22H,12H2,1-2H3,(H,20,23). The molecule has 2 N–H and O–H groups in total. The Morgan fingerprint density at radius 3 is 2.83 bits per heavy atom. The maximum atomic E-state index is 12.1. The minimum atomic E-state index is -0.728. The van der Waals surface area contributed by atoms with Gasteiger partial charge in [0, 0.05) is 30.9 Å². The van der Waals surface area contributed by atoms with Gasteiger partial charge in [0.05, 0.1) is 6.10 Å². The molecule has 4 nitrogen and oxygen atoms in total. The maximum Gasteiger partial charge on any atom is 0.251 e. The van der Waals surface area contributed by atoms with E-state index in [2.05, 4.69) is 5.32 Å². The molecule has 3 aromatic rings. The quantitative estimate of drug-likeness (QED) is 0.778. The molecule has 2 aromatic carbocycles. The Balaban J connectivity index is 1.68. The molecule has 1 unspecified atom stereocenters. The summed E-state index contributed by atoms with van der Waals surface area (Å²) in [5.74, 6) is -0.173. The van der Waals surface area contributed by atoms with Gasteiger partial charge in [0.25, 0.3) is 5.91 Å². The van der Waals surface area contributed by atoms with Gasteiger partial charge in [-0.15, -0.1) is 0 Å². The van der Waals surface area contributed by atoms with Crippen LogP contribution in [0.1, 0.15) is 27.6 Å². The number of aryl methyl sites for hydroxylation is 2. The zero-order valence-corrected chi connectivity index (χ0v) is 13.3. The normalized spacial score (nSPS) is 12.3. The van der Waals surface area contributed by atoms with E-state index in [1.807, 2.05) is 67.2 Å². The Hall–Kier alpha value is -2.59. The molecular formula is C19H20N2O2. The van der Waals surface area contributed by atoms with E-state index in [9.17, 15) is 9.90 Å². The topological polar surface area (TPSA) is 54.3 Å². The number of aliphatic hydroxyl groups excluding tert-OH is 1. The van der Waals surface area contributed by atoms with Gasteiger partial charge >= 0.3 is 0 Å². The van der Waals surface area contributed by atoms with Crippen LogP contribution in [-0.4, -0.2) is 22.1 Å². The fourth-order valence-corrected chi connectivity index (χ4v) is 2.70. The SMILES string of the molecule is Cc1cccc(C(=O)NCC(O)c2ccc3c(ccn3C)c2)c1. The van der Waals surface area contributed by atoms with Crippen molar-refractivity contribution in [3.63, 3.8) is 0 Å². The number of nitrogens with zero attached hydrogens (tertiary/aromatic N) is 1. The van der Waals surface area contributed by atoms with Crippen molar-refractivity contribution in [2.75, 3.05) is 6.54 Å². The van der Waals surface area contributed by atoms with Gasteiger partial charge in [-0.2, -0.15) is 0 Å². The van der Waals surface area contributed by atoms with Crippen molar-refractivity contribution in [1.29, 1.82) is 0 Å². The number of fused-ring (bicyclic) bond motifs is 1. The summed E-state index contributed by atoms with van der Waals surface area (Å²) in [5.41, 5.74) is 3.56. The lowest BCUT2D eigenvalue weighted by molar-refractivity contribution is 0.0916. The van der Waals surface area contributed by atoms with Gasteiger partial charge in [0.2, 0.25) is 0 Å². The number of carbonyl (C=O) groups excluding carboxylic acids is 1. The Bertz CT molecular complexity index is 851. The minimum absolute atomic E-state index is 0.173. The number of hydrogen-bond donors (Lipinski definition) is 2. The van der Waals surface area contributed by atoms with Crippen LogP contribution in [0, 0.1) is 6.92 Å². The van der Waals surface area contributed by atoms with Crippen LogP contribution in [0.15, 0.2) is 54.7 Å². The van der Waals surface area contributed by atoms with Gasteiger partial charge in [-0.3, -0.25) is 4.79 Å². The summed E-state index contributed by atoms with van der Waals surface area (Å²) in [6.07, 6.45) is 1.26. The zero-order valence-electron chi connectivity index (χ0n) is 13.3. The van der Waals surface area contributed by atoms with Crippen molar-refractivity contribution in [3.8, 4) is 0 Å². The fraction of sp³-hybridized carbons (Fsp3) is 0.211. The number of amides is 1. The molecule has 1 heterocycles. The highest BCUT2D eigenvalue weighted by Crippen LogP contribution is 2.20. The maximum absolute atomic E-state index is 12.1. The van der Waals surface area contributed by atoms with E-state index in [1.54, 1.807) is 6.07 Å². The lowest BCUT2D eigenvalue weighted by Gasteiger charge is -2.13. The predicted octanol–water partition coefficient (Wildman–Crippen LogP) is 2.95. The van der Waals surface area contributed by atoms with Crippen molar-refractivity contribution in [3.05, 3.63) is 71.4 Å². The molecule has 1 amide bonds. The molecule has 23 heavy (non-hydrogen) atoms. The highest BCUT2D eigenvalue weighted by atomic mass is 16.3. The van der Waals surface area contributed by atoms with E-state index in [1.165, 1.54) is 0 Å². The van der Waals surface area contributed by atoms with Gasteiger partial charge in [0.1, 0.15) is 0 Å². The number of benzene rings is 2. The number of rotatable bonds is 4. The van der Waals surface area contributed by atoms with Gasteiger partial charge < -0.3 is 15.0 Å². The highest BCUT2D eigenvalue weighted by Gasteiger charge is 2.12. The molecule has 0 aliphatic carbocycles. The van der Waals surface area contributed by atoms with Crippen molar-refractivity contribution in [2.24, 2.45) is 7.05 Å². The number of aromatic nitrogens is 1. The predicted molar refractivity (Wildman–Crippen MR) is 91.4 cm³/mol. The number of nitrogens with one attached hydrogen (secondary N) is 1. The first-order valence-electron chi connectivity index (χ1n) is 7.62. The molecule has 0 saturated heterocycles. The summed E-state index contributed by atoms with van der Waals surface area (Å²) in [6, 6.07) is 15.2. The van der Waals surface area contributed by atoms with E-state index in [-0.39, 0.29) is 12.5 Å². The Labute approximate surface area is 135 Å². The molecular weight excluding hydrogens is 288 g/mol. The third kappa shape index (κ3) is 3.27. The van der Waals surface area contributed by atoms with Crippen molar-refractivity contribution >= 4 is 16.8 Å². The monoisotopic (exact) mass is 308 g/mol. The van der Waals surface area contributed by atoms with E-state index in [0.717, 1.165) is 22.0 Å². The van der Waals surface area contributed by atoms with Gasteiger partial charge in [-0.05, 0) is 48.2 Å². The largest absolute Gasteiger partial charge is 0.387 e. The first kappa shape index (κ1) is 15.3. The second-order valence-corrected chi connectivity index (χ2v) is 5.84. The van der Waals surface area contributed by atoms with Gasteiger partial charge in [0.15, 0.2) is 0 Å². The summed E-state index contributed by atoms with van der Waals surface area (Å²) >= 11 is 0. The molecule has 0 aliphatic heterocycles. The molecule has 118 valence electrons. The summed E-state index contributed by atoms with van der Waals surface area (Å²) in [5, 5.41) is 14.2. The summed E-state index contributed by atoms with van der Waals surface area (Å²) < 4.78 is 2.03. The van der Waals surface area contributed by atoms with Crippen LogP contribution in [0.3, 0.4) is 0 Å². The first-order chi connectivity index (χ1) is 11.0. The molecule has 0 saturated carbocycles. The number of aliphatic hydroxyl groups is 1. The van der Waals surface area contributed by atoms with Crippen molar-refractivity contribution in [1.82, 2.24) is 9.88 Å². The van der Waals surface area contributed by atoms with Gasteiger partial charge in [-0.1, -0.05) is 23.8 Å². The average molecular weight is 308 g/mol. The molecule has 0 fully saturated rings. The molecule has 1 atom stereocenters. The average Bonchev–Trinajstić information content (AvgIpc) is 2.93. The third-order valence-electron chi connectivity index (χ3n) is 4.03. The Kier molecular flexibility index (Phi) is 4.17. The number of hydrogen-bond acceptors (Lipinski definition) is 2. The first-order valence-corrected chi connectivity index (χ1v) is 7.62. The molecule has 0 radical (unpaired) electrons. The van der Waals surface area contributed by atoms with Crippen molar-refractivity contribution < 1.29 is 9.90 Å². The van der Waals surface area contributed by atoms with Crippen LogP contribution in [-0.2, 0) is 7.05 Å². The summed E-state index contributed by atoms with van der Waals surface area (Å²) in [4.78, 5) is 12.1. The van der Waals surface area contributed by atoms with Crippen molar-refractivity contribution in [2.45, 2.75) is 13.0 Å². The molecule has 0 bridgehead atoms. The Morgan fingerprint density at radius 1 is 1.22 bits per heavy atom. The summed E-state index contributed by atoms with van der Waals surface area (Å²) in [6.45, 7) is 2.13. The van der Waals surface area contributed by atoms with Crippen LogP contribution >= 0.6 is 0 Å². The molecule has 3 rings (SSSR count). The second-order valence-electron chi connectivity index (χ2n) is 5.84. The van der Waals surface area contributed by atoms with Gasteiger partial charge in [-0.25, -0.2) is 0 Å². The molecule has 0 spiro atoms. The van der Waals surface area contributed by atoms with Crippen LogP contribution in [0.2, 0.25) is 0 Å². The highest BCUT2D eigenvalue weighted by molar-refractivity contribution is 5.94. The van der Waals surface area contributed by atoms with Crippen LogP contribution in [0.25, 0.3) is 10.9 Å². The smallest absolute Gasteiger partial charge is 0.251 e. The molecule has 4 heteroatoms. The Morgan fingerprint density at radius 2 is 2.04 bits per heavy atom. The minimum Gasteiger partial charge on any atom is -0.387 e. The fourth-order valence-electron chi connectivity index (χ4n) is 2.70. The molecule has 0 aliphatic rings. The van der Waals surface area contributed by atoms with Crippen LogP contribution in [0.4, 0.5) is 0 Å². The van der Waals surface area contributed by atoms with E-state index < -0.39 is 6.10 Å². The second kappa shape index (κ2) is 6.26. The van der Waals surface area contributed by atoms with Crippen LogP contribution in [0.5, 0.6) is 0 Å². The lowest BCUT2D eigenvalue weighted by Crippen LogP contribution is -2.28. The zero-order chi connectivity index (χ0) is 16.4. The van der Waals surface area contributed by atoms with E-state index in [0.29, 0.717) is 5.56 Å². The lowest BCUT2D eigenvalue weighted by atomic mass is 10.1. The third-order valence-corrected chi connectivity index (χ3v) is 4.03. The number of carbonyl (C=O) groups is 1. The molecule has 1 aromatic heterocycles. The van der Waals surface area contributed by atoms with Crippen LogP contribution < -0.4 is 5.32 Å². The van der Waals surface area contributed by atoms with E-state index in [4.69, 9.17) is 0 Å². The summed E-state index contributed by atoms with van der Waals surface area (Å²) in [7, 11) is 1.99. The van der Waals surface area contributed by atoms with E-state index >= 15 is 0 Å².